The molecule has 0 aromatic heterocycles. The predicted octanol–water partition coefficient (Wildman–Crippen LogP) is 5.30. The van der Waals surface area contributed by atoms with Gasteiger partial charge in [-0.1, -0.05) is 54.2 Å². The minimum absolute atomic E-state index is 0.876. The summed E-state index contributed by atoms with van der Waals surface area (Å²) < 4.78 is 5.85. The SMILES string of the molecule is C1=C2Sc3ccccc3N=C2c2c(ccc3ccccc23)O1. The van der Waals surface area contributed by atoms with Crippen LogP contribution in [0, 0.1) is 0 Å². The average molecular weight is 301 g/mol. The Morgan fingerprint density at radius 3 is 2.73 bits per heavy atom. The largest absolute Gasteiger partial charge is 0.463 e. The zero-order chi connectivity index (χ0) is 14.5. The van der Waals surface area contributed by atoms with Crippen molar-refractivity contribution in [2.75, 3.05) is 0 Å². The summed E-state index contributed by atoms with van der Waals surface area (Å²) in [7, 11) is 0. The van der Waals surface area contributed by atoms with Gasteiger partial charge in [0.05, 0.1) is 21.9 Å². The van der Waals surface area contributed by atoms with Crippen molar-refractivity contribution in [3.63, 3.8) is 0 Å². The van der Waals surface area contributed by atoms with Gasteiger partial charge in [-0.05, 0) is 29.0 Å². The van der Waals surface area contributed by atoms with Crippen LogP contribution in [0.4, 0.5) is 5.69 Å². The van der Waals surface area contributed by atoms with Crippen molar-refractivity contribution in [3.05, 3.63) is 77.4 Å². The summed E-state index contributed by atoms with van der Waals surface area (Å²) >= 11 is 1.72. The van der Waals surface area contributed by atoms with Crippen LogP contribution in [-0.4, -0.2) is 5.71 Å². The highest BCUT2D eigenvalue weighted by atomic mass is 32.2. The van der Waals surface area contributed by atoms with Gasteiger partial charge in [-0.2, -0.15) is 0 Å². The molecule has 0 amide bonds. The predicted molar refractivity (Wildman–Crippen MR) is 91.2 cm³/mol. The minimum atomic E-state index is 0.876. The van der Waals surface area contributed by atoms with E-state index in [1.165, 1.54) is 15.7 Å². The Balaban J connectivity index is 1.85. The van der Waals surface area contributed by atoms with E-state index in [0.29, 0.717) is 0 Å². The molecule has 0 saturated heterocycles. The number of hydrogen-bond acceptors (Lipinski definition) is 3. The van der Waals surface area contributed by atoms with E-state index in [4.69, 9.17) is 9.73 Å². The molecule has 2 aliphatic heterocycles. The number of allylic oxidation sites excluding steroid dienone is 1. The van der Waals surface area contributed by atoms with Crippen molar-refractivity contribution < 1.29 is 4.74 Å². The highest BCUT2D eigenvalue weighted by Gasteiger charge is 2.27. The second-order valence-corrected chi connectivity index (χ2v) is 6.37. The van der Waals surface area contributed by atoms with E-state index in [0.717, 1.165) is 27.6 Å². The van der Waals surface area contributed by atoms with Crippen LogP contribution in [0.2, 0.25) is 0 Å². The zero-order valence-electron chi connectivity index (χ0n) is 11.6. The Morgan fingerprint density at radius 2 is 1.73 bits per heavy atom. The molecule has 0 aliphatic carbocycles. The van der Waals surface area contributed by atoms with Gasteiger partial charge in [0.15, 0.2) is 0 Å². The van der Waals surface area contributed by atoms with Gasteiger partial charge in [0.2, 0.25) is 0 Å². The van der Waals surface area contributed by atoms with Gasteiger partial charge in [-0.3, -0.25) is 0 Å². The number of hydrogen-bond donors (Lipinski definition) is 0. The second kappa shape index (κ2) is 4.49. The molecule has 3 aromatic rings. The van der Waals surface area contributed by atoms with Gasteiger partial charge in [-0.15, -0.1) is 0 Å². The number of benzene rings is 3. The lowest BCUT2D eigenvalue weighted by Crippen LogP contribution is -2.13. The Hall–Kier alpha value is -2.52. The molecule has 0 N–H and O–H groups in total. The lowest BCUT2D eigenvalue weighted by molar-refractivity contribution is 0.477. The lowest BCUT2D eigenvalue weighted by atomic mass is 9.98. The molecular weight excluding hydrogens is 290 g/mol. The van der Waals surface area contributed by atoms with E-state index in [1.807, 2.05) is 24.5 Å². The van der Waals surface area contributed by atoms with Crippen molar-refractivity contribution in [1.29, 1.82) is 0 Å². The second-order valence-electron chi connectivity index (χ2n) is 5.29. The van der Waals surface area contributed by atoms with Crippen molar-refractivity contribution in [2.24, 2.45) is 4.99 Å². The maximum absolute atomic E-state index is 5.85. The molecule has 5 rings (SSSR count). The standard InChI is InChI=1S/C19H11NOS/c1-2-6-13-12(5-1)9-10-15-18(13)19-17(11-21-15)22-16-8-4-3-7-14(16)20-19/h1-11H. The average Bonchev–Trinajstić information content (AvgIpc) is 2.59. The molecule has 0 unspecified atom stereocenters. The first-order valence-corrected chi connectivity index (χ1v) is 7.97. The maximum atomic E-state index is 5.85. The summed E-state index contributed by atoms with van der Waals surface area (Å²) in [4.78, 5) is 7.15. The van der Waals surface area contributed by atoms with E-state index in [2.05, 4.69) is 42.5 Å². The fourth-order valence-electron chi connectivity index (χ4n) is 2.95. The van der Waals surface area contributed by atoms with E-state index < -0.39 is 0 Å². The number of para-hydroxylation sites is 1. The maximum Gasteiger partial charge on any atom is 0.136 e. The van der Waals surface area contributed by atoms with E-state index in [1.54, 1.807) is 11.8 Å². The van der Waals surface area contributed by atoms with Crippen LogP contribution < -0.4 is 4.74 Å². The lowest BCUT2D eigenvalue weighted by Gasteiger charge is -2.24. The third-order valence-electron chi connectivity index (χ3n) is 3.97. The molecule has 3 heteroatoms. The summed E-state index contributed by atoms with van der Waals surface area (Å²) in [6.45, 7) is 0. The number of nitrogens with zero attached hydrogens (tertiary/aromatic N) is 1. The Bertz CT molecular complexity index is 988. The fourth-order valence-corrected chi connectivity index (χ4v) is 3.89. The third-order valence-corrected chi connectivity index (χ3v) is 5.05. The van der Waals surface area contributed by atoms with Crippen molar-refractivity contribution in [2.45, 2.75) is 4.90 Å². The van der Waals surface area contributed by atoms with Gasteiger partial charge < -0.3 is 4.74 Å². The summed E-state index contributed by atoms with van der Waals surface area (Å²) in [6, 6.07) is 20.7. The molecule has 0 saturated carbocycles. The van der Waals surface area contributed by atoms with Crippen LogP contribution in [-0.2, 0) is 0 Å². The van der Waals surface area contributed by atoms with Crippen LogP contribution in [0.5, 0.6) is 5.75 Å². The van der Waals surface area contributed by atoms with Crippen LogP contribution in [0.3, 0.4) is 0 Å². The van der Waals surface area contributed by atoms with Crippen molar-refractivity contribution >= 4 is 33.9 Å². The molecule has 0 spiro atoms. The van der Waals surface area contributed by atoms with Gasteiger partial charge in [0, 0.05) is 4.90 Å². The van der Waals surface area contributed by atoms with Crippen molar-refractivity contribution in [3.8, 4) is 5.75 Å². The molecule has 0 bridgehead atoms. The quantitative estimate of drug-likeness (QED) is 0.562. The summed E-state index contributed by atoms with van der Waals surface area (Å²) in [6.07, 6.45) is 1.82. The minimum Gasteiger partial charge on any atom is -0.463 e. The summed E-state index contributed by atoms with van der Waals surface area (Å²) in [5, 5.41) is 2.39. The summed E-state index contributed by atoms with van der Waals surface area (Å²) in [5.41, 5.74) is 3.14. The first-order chi connectivity index (χ1) is 10.9. The fraction of sp³-hybridized carbons (Fsp3) is 0. The van der Waals surface area contributed by atoms with Crippen LogP contribution in [0.25, 0.3) is 10.8 Å². The highest BCUT2D eigenvalue weighted by molar-refractivity contribution is 8.04. The van der Waals surface area contributed by atoms with Crippen LogP contribution >= 0.6 is 11.8 Å². The Labute approximate surface area is 132 Å². The van der Waals surface area contributed by atoms with Gasteiger partial charge in [0.1, 0.15) is 12.0 Å². The Morgan fingerprint density at radius 1 is 0.864 bits per heavy atom. The molecule has 3 aromatic carbocycles. The van der Waals surface area contributed by atoms with E-state index in [9.17, 15) is 0 Å². The van der Waals surface area contributed by atoms with Gasteiger partial charge in [-0.25, -0.2) is 4.99 Å². The molecule has 0 fully saturated rings. The molecule has 2 aliphatic rings. The topological polar surface area (TPSA) is 21.6 Å². The number of fused-ring (bicyclic) bond motifs is 6. The van der Waals surface area contributed by atoms with Crippen molar-refractivity contribution in [1.82, 2.24) is 0 Å². The molecule has 0 radical (unpaired) electrons. The molecule has 104 valence electrons. The molecule has 2 heterocycles. The van der Waals surface area contributed by atoms with E-state index >= 15 is 0 Å². The molecule has 2 nitrogen and oxygen atoms in total. The molecule has 22 heavy (non-hydrogen) atoms. The molecule has 0 atom stereocenters. The normalized spacial score (nSPS) is 15.1. The highest BCUT2D eigenvalue weighted by Crippen LogP contribution is 2.45. The van der Waals surface area contributed by atoms with Gasteiger partial charge in [0.25, 0.3) is 0 Å². The van der Waals surface area contributed by atoms with Gasteiger partial charge >= 0.3 is 0 Å². The Kier molecular flexibility index (Phi) is 2.46. The van der Waals surface area contributed by atoms with Crippen LogP contribution in [0.15, 0.2) is 81.7 Å². The monoisotopic (exact) mass is 301 g/mol. The number of thioether (sulfide) groups is 1. The van der Waals surface area contributed by atoms with Crippen LogP contribution in [0.1, 0.15) is 5.56 Å². The number of rotatable bonds is 0. The summed E-state index contributed by atoms with van der Waals surface area (Å²) in [5.74, 6) is 0.876. The zero-order valence-corrected chi connectivity index (χ0v) is 12.4. The number of aliphatic imine (C=N–C) groups is 1. The third kappa shape index (κ3) is 1.66. The molecular formula is C19H11NOS. The van der Waals surface area contributed by atoms with E-state index in [-0.39, 0.29) is 0 Å². The smallest absolute Gasteiger partial charge is 0.136 e. The first kappa shape index (κ1) is 12.1. The number of ether oxygens (including phenoxy) is 1. The first-order valence-electron chi connectivity index (χ1n) is 7.15.